The second-order valence-electron chi connectivity index (χ2n) is 4.97. The van der Waals surface area contributed by atoms with Gasteiger partial charge in [0.1, 0.15) is 11.5 Å². The van der Waals surface area contributed by atoms with E-state index < -0.39 is 11.9 Å². The number of aromatic nitrogens is 2. The van der Waals surface area contributed by atoms with Crippen molar-refractivity contribution in [2.75, 3.05) is 13.1 Å². The Hall–Kier alpha value is -1.31. The molecule has 1 fully saturated rings. The molecule has 120 valence electrons. The predicted octanol–water partition coefficient (Wildman–Crippen LogP) is 0.826. The fourth-order valence-electron chi connectivity index (χ4n) is 2.29. The molecule has 2 heterocycles. The van der Waals surface area contributed by atoms with Crippen molar-refractivity contribution in [3.63, 3.8) is 0 Å². The van der Waals surface area contributed by atoms with Crippen LogP contribution >= 0.6 is 24.8 Å². The lowest BCUT2D eigenvalue weighted by Crippen LogP contribution is -2.41. The van der Waals surface area contributed by atoms with Gasteiger partial charge in [-0.1, -0.05) is 0 Å². The Labute approximate surface area is 135 Å². The molecule has 0 aliphatic carbocycles. The topological polar surface area (TPSA) is 112 Å². The number of carboxylic acid groups (broad SMARTS) is 1. The van der Waals surface area contributed by atoms with Gasteiger partial charge in [-0.15, -0.1) is 24.8 Å². The maximum atomic E-state index is 12.3. The number of H-pyrrole nitrogens is 1. The SMILES string of the molecule is Cc1ncc(C(=O)N2C[C@H](N)CC[C@H](C(=O)O)C2)[nH]1.Cl.Cl. The van der Waals surface area contributed by atoms with Gasteiger partial charge in [0.05, 0.1) is 12.1 Å². The number of carbonyl (C=O) groups excluding carboxylic acids is 1. The highest BCUT2D eigenvalue weighted by atomic mass is 35.5. The standard InChI is InChI=1S/C12H18N4O3.2ClH/c1-7-14-4-10(15-7)11(17)16-5-8(12(18)19)2-3-9(13)6-16;;/h4,8-9H,2-3,5-6,13H2,1H3,(H,14,15)(H,18,19);2*1H/t8-,9+;;/m0../s1. The monoisotopic (exact) mass is 338 g/mol. The molecule has 0 spiro atoms. The first-order valence-electron chi connectivity index (χ1n) is 6.26. The predicted molar refractivity (Wildman–Crippen MR) is 82.1 cm³/mol. The Morgan fingerprint density at radius 2 is 2.05 bits per heavy atom. The Morgan fingerprint density at radius 3 is 2.57 bits per heavy atom. The highest BCUT2D eigenvalue weighted by Crippen LogP contribution is 2.18. The van der Waals surface area contributed by atoms with Crippen molar-refractivity contribution >= 4 is 36.7 Å². The van der Waals surface area contributed by atoms with Crippen molar-refractivity contribution in [1.29, 1.82) is 0 Å². The molecule has 0 aromatic carbocycles. The molecular formula is C12H20Cl2N4O3. The number of aromatic amines is 1. The van der Waals surface area contributed by atoms with Crippen LogP contribution in [0, 0.1) is 12.8 Å². The molecule has 1 aliphatic rings. The van der Waals surface area contributed by atoms with Crippen LogP contribution in [0.1, 0.15) is 29.2 Å². The lowest BCUT2D eigenvalue weighted by atomic mass is 10.0. The van der Waals surface area contributed by atoms with Gasteiger partial charge in [0.25, 0.3) is 5.91 Å². The number of nitrogens with one attached hydrogen (secondary N) is 1. The summed E-state index contributed by atoms with van der Waals surface area (Å²) in [4.78, 5) is 31.8. The normalized spacial score (nSPS) is 21.7. The first-order chi connectivity index (χ1) is 8.97. The van der Waals surface area contributed by atoms with Crippen LogP contribution in [-0.2, 0) is 4.79 Å². The number of carbonyl (C=O) groups is 2. The molecule has 1 aliphatic heterocycles. The van der Waals surface area contributed by atoms with Crippen molar-refractivity contribution in [2.24, 2.45) is 11.7 Å². The van der Waals surface area contributed by atoms with Gasteiger partial charge >= 0.3 is 5.97 Å². The average molecular weight is 339 g/mol. The number of hydrogen-bond acceptors (Lipinski definition) is 4. The average Bonchev–Trinajstić information content (AvgIpc) is 2.67. The lowest BCUT2D eigenvalue weighted by molar-refractivity contribution is -0.142. The second-order valence-corrected chi connectivity index (χ2v) is 4.97. The number of nitrogens with two attached hydrogens (primary N) is 1. The molecule has 1 saturated heterocycles. The molecule has 0 unspecified atom stereocenters. The molecule has 0 bridgehead atoms. The van der Waals surface area contributed by atoms with Crippen LogP contribution in [0.4, 0.5) is 0 Å². The zero-order valence-electron chi connectivity index (χ0n) is 11.6. The maximum Gasteiger partial charge on any atom is 0.308 e. The zero-order valence-corrected chi connectivity index (χ0v) is 13.2. The van der Waals surface area contributed by atoms with E-state index in [1.54, 1.807) is 6.92 Å². The van der Waals surface area contributed by atoms with Gasteiger partial charge in [-0.3, -0.25) is 9.59 Å². The first-order valence-corrected chi connectivity index (χ1v) is 6.26. The van der Waals surface area contributed by atoms with E-state index in [0.717, 1.165) is 0 Å². The summed E-state index contributed by atoms with van der Waals surface area (Å²) in [6.07, 6.45) is 2.58. The van der Waals surface area contributed by atoms with Crippen molar-refractivity contribution in [2.45, 2.75) is 25.8 Å². The van der Waals surface area contributed by atoms with E-state index in [9.17, 15) is 9.59 Å². The van der Waals surface area contributed by atoms with E-state index in [1.165, 1.54) is 11.1 Å². The van der Waals surface area contributed by atoms with Crippen LogP contribution in [-0.4, -0.2) is 51.0 Å². The van der Waals surface area contributed by atoms with Crippen LogP contribution in [0.3, 0.4) is 0 Å². The van der Waals surface area contributed by atoms with Crippen LogP contribution in [0.25, 0.3) is 0 Å². The number of nitrogens with zero attached hydrogens (tertiary/aromatic N) is 2. The van der Waals surface area contributed by atoms with E-state index in [4.69, 9.17) is 10.8 Å². The third-order valence-electron chi connectivity index (χ3n) is 3.35. The quantitative estimate of drug-likeness (QED) is 0.739. The van der Waals surface area contributed by atoms with Crippen molar-refractivity contribution < 1.29 is 14.7 Å². The summed E-state index contributed by atoms with van der Waals surface area (Å²) in [5.41, 5.74) is 6.27. The molecule has 9 heteroatoms. The number of aliphatic carboxylic acids is 1. The Balaban J connectivity index is 0.00000200. The molecule has 1 amide bonds. The van der Waals surface area contributed by atoms with Crippen LogP contribution in [0.5, 0.6) is 0 Å². The van der Waals surface area contributed by atoms with Crippen LogP contribution < -0.4 is 5.73 Å². The fraction of sp³-hybridized carbons (Fsp3) is 0.583. The van der Waals surface area contributed by atoms with Gasteiger partial charge in [0.15, 0.2) is 0 Å². The molecule has 0 radical (unpaired) electrons. The summed E-state index contributed by atoms with van der Waals surface area (Å²) in [5.74, 6) is -1.03. The molecular weight excluding hydrogens is 319 g/mol. The number of halogens is 2. The number of rotatable bonds is 2. The van der Waals surface area contributed by atoms with Crippen LogP contribution in [0.2, 0.25) is 0 Å². The maximum absolute atomic E-state index is 12.3. The van der Waals surface area contributed by atoms with Gasteiger partial charge in [0.2, 0.25) is 0 Å². The molecule has 4 N–H and O–H groups in total. The van der Waals surface area contributed by atoms with Crippen molar-refractivity contribution in [1.82, 2.24) is 14.9 Å². The Kier molecular flexibility index (Phi) is 7.70. The highest BCUT2D eigenvalue weighted by Gasteiger charge is 2.30. The van der Waals surface area contributed by atoms with Crippen LogP contribution in [0.15, 0.2) is 6.20 Å². The lowest BCUT2D eigenvalue weighted by Gasteiger charge is -2.23. The van der Waals surface area contributed by atoms with Gasteiger partial charge in [-0.25, -0.2) is 4.98 Å². The number of amides is 1. The molecule has 1 aromatic rings. The summed E-state index contributed by atoms with van der Waals surface area (Å²) in [6, 6.07) is -0.183. The third kappa shape index (κ3) is 4.87. The van der Waals surface area contributed by atoms with Gasteiger partial charge in [-0.05, 0) is 19.8 Å². The molecule has 7 nitrogen and oxygen atoms in total. The minimum absolute atomic E-state index is 0. The molecule has 0 saturated carbocycles. The Bertz CT molecular complexity index is 495. The summed E-state index contributed by atoms with van der Waals surface area (Å²) in [5, 5.41) is 9.12. The minimum Gasteiger partial charge on any atom is -0.481 e. The van der Waals surface area contributed by atoms with E-state index in [-0.39, 0.29) is 43.3 Å². The number of aryl methyl sites for hydroxylation is 1. The second kappa shape index (κ2) is 8.21. The summed E-state index contributed by atoms with van der Waals surface area (Å²) >= 11 is 0. The summed E-state index contributed by atoms with van der Waals surface area (Å²) < 4.78 is 0. The van der Waals surface area contributed by atoms with Gasteiger partial charge < -0.3 is 20.7 Å². The van der Waals surface area contributed by atoms with Crippen molar-refractivity contribution in [3.8, 4) is 0 Å². The third-order valence-corrected chi connectivity index (χ3v) is 3.35. The summed E-state index contributed by atoms with van der Waals surface area (Å²) in [7, 11) is 0. The molecule has 2 rings (SSSR count). The number of imidazole rings is 1. The number of hydrogen-bond donors (Lipinski definition) is 3. The Morgan fingerprint density at radius 1 is 1.38 bits per heavy atom. The molecule has 1 aromatic heterocycles. The minimum atomic E-state index is -0.882. The highest BCUT2D eigenvalue weighted by molar-refractivity contribution is 5.92. The number of carboxylic acids is 1. The van der Waals surface area contributed by atoms with Gasteiger partial charge in [-0.2, -0.15) is 0 Å². The largest absolute Gasteiger partial charge is 0.481 e. The summed E-state index contributed by atoms with van der Waals surface area (Å²) in [6.45, 7) is 2.33. The van der Waals surface area contributed by atoms with E-state index in [0.29, 0.717) is 30.9 Å². The van der Waals surface area contributed by atoms with E-state index in [2.05, 4.69) is 9.97 Å². The first kappa shape index (κ1) is 19.7. The fourth-order valence-corrected chi connectivity index (χ4v) is 2.29. The molecule has 21 heavy (non-hydrogen) atoms. The van der Waals surface area contributed by atoms with E-state index in [1.807, 2.05) is 0 Å². The van der Waals surface area contributed by atoms with E-state index >= 15 is 0 Å². The molecule has 2 atom stereocenters. The zero-order chi connectivity index (χ0) is 14.0. The number of likely N-dealkylation sites (tertiary alicyclic amines) is 1. The smallest absolute Gasteiger partial charge is 0.308 e. The van der Waals surface area contributed by atoms with Crippen molar-refractivity contribution in [3.05, 3.63) is 17.7 Å². The van der Waals surface area contributed by atoms with Gasteiger partial charge in [0, 0.05) is 19.1 Å².